The number of anilines is 1. The second-order valence-corrected chi connectivity index (χ2v) is 7.10. The summed E-state index contributed by atoms with van der Waals surface area (Å²) in [6.07, 6.45) is 4.16. The molecular formula is C16H19N3O3S. The molecule has 0 unspecified atom stereocenters. The van der Waals surface area contributed by atoms with Gasteiger partial charge >= 0.3 is 0 Å². The fourth-order valence-electron chi connectivity index (χ4n) is 2.50. The molecule has 2 amide bonds. The molecule has 1 N–H and O–H groups in total. The second kappa shape index (κ2) is 6.54. The van der Waals surface area contributed by atoms with E-state index < -0.39 is 0 Å². The van der Waals surface area contributed by atoms with Crippen LogP contribution in [0.1, 0.15) is 41.2 Å². The van der Waals surface area contributed by atoms with Gasteiger partial charge in [-0.15, -0.1) is 0 Å². The first kappa shape index (κ1) is 15.7. The summed E-state index contributed by atoms with van der Waals surface area (Å²) in [5.74, 6) is 0.302. The topological polar surface area (TPSA) is 75.4 Å². The maximum atomic E-state index is 12.2. The Morgan fingerprint density at radius 1 is 1.48 bits per heavy atom. The van der Waals surface area contributed by atoms with Gasteiger partial charge < -0.3 is 9.32 Å². The van der Waals surface area contributed by atoms with Crippen LogP contribution >= 0.6 is 11.3 Å². The molecule has 0 aliphatic carbocycles. The zero-order valence-corrected chi connectivity index (χ0v) is 14.0. The molecule has 0 spiro atoms. The number of amides is 2. The van der Waals surface area contributed by atoms with Gasteiger partial charge in [0.2, 0.25) is 5.91 Å². The van der Waals surface area contributed by atoms with Gasteiger partial charge in [-0.2, -0.15) is 0 Å². The molecule has 3 heterocycles. The molecule has 1 aliphatic heterocycles. The Kier molecular flexibility index (Phi) is 4.47. The van der Waals surface area contributed by atoms with E-state index in [-0.39, 0.29) is 11.8 Å². The molecule has 0 atom stereocenters. The molecule has 7 heteroatoms. The van der Waals surface area contributed by atoms with Gasteiger partial charge in [0.05, 0.1) is 24.1 Å². The third kappa shape index (κ3) is 3.61. The maximum absolute atomic E-state index is 12.2. The summed E-state index contributed by atoms with van der Waals surface area (Å²) in [6, 6.07) is 1.61. The number of thiazole rings is 1. The third-order valence-corrected chi connectivity index (χ3v) is 4.67. The standard InChI is InChI=1S/C16H19N3O3S/c1-10(2)7-14(20)19-5-3-12-13(8-19)23-16(17-12)18-15(21)11-4-6-22-9-11/h4,6,9-10H,3,5,7-8H2,1-2H3,(H,17,18,21). The van der Waals surface area contributed by atoms with E-state index in [9.17, 15) is 9.59 Å². The minimum Gasteiger partial charge on any atom is -0.472 e. The van der Waals surface area contributed by atoms with E-state index in [0.717, 1.165) is 17.0 Å². The molecule has 1 aliphatic rings. The smallest absolute Gasteiger partial charge is 0.260 e. The normalized spacial score (nSPS) is 14.0. The highest BCUT2D eigenvalue weighted by molar-refractivity contribution is 7.15. The molecule has 2 aromatic heterocycles. The summed E-state index contributed by atoms with van der Waals surface area (Å²) < 4.78 is 4.90. The van der Waals surface area contributed by atoms with Crippen molar-refractivity contribution in [3.05, 3.63) is 34.7 Å². The first-order valence-corrected chi connectivity index (χ1v) is 8.44. The van der Waals surface area contributed by atoms with Crippen LogP contribution in [0.5, 0.6) is 0 Å². The van der Waals surface area contributed by atoms with Crippen molar-refractivity contribution in [3.8, 4) is 0 Å². The number of aromatic nitrogens is 1. The van der Waals surface area contributed by atoms with Gasteiger partial charge in [0.1, 0.15) is 6.26 Å². The first-order chi connectivity index (χ1) is 11.0. The quantitative estimate of drug-likeness (QED) is 0.933. The SMILES string of the molecule is CC(C)CC(=O)N1CCc2nc(NC(=O)c3ccoc3)sc2C1. The Labute approximate surface area is 138 Å². The molecule has 23 heavy (non-hydrogen) atoms. The summed E-state index contributed by atoms with van der Waals surface area (Å²) in [5.41, 5.74) is 1.44. The van der Waals surface area contributed by atoms with Crippen molar-refractivity contribution in [2.24, 2.45) is 5.92 Å². The van der Waals surface area contributed by atoms with Crippen molar-refractivity contribution in [1.29, 1.82) is 0 Å². The number of nitrogens with zero attached hydrogens (tertiary/aromatic N) is 2. The van der Waals surface area contributed by atoms with Crippen molar-refractivity contribution in [2.45, 2.75) is 33.2 Å². The molecule has 0 saturated heterocycles. The average molecular weight is 333 g/mol. The van der Waals surface area contributed by atoms with Gasteiger partial charge in [0.25, 0.3) is 5.91 Å². The van der Waals surface area contributed by atoms with Crippen LogP contribution in [0.3, 0.4) is 0 Å². The molecule has 0 saturated carbocycles. The van der Waals surface area contributed by atoms with Crippen LogP contribution in [0.25, 0.3) is 0 Å². The highest BCUT2D eigenvalue weighted by Gasteiger charge is 2.25. The van der Waals surface area contributed by atoms with E-state index in [1.807, 2.05) is 18.7 Å². The second-order valence-electron chi connectivity index (χ2n) is 6.02. The van der Waals surface area contributed by atoms with E-state index in [4.69, 9.17) is 4.42 Å². The molecule has 6 nitrogen and oxygen atoms in total. The monoisotopic (exact) mass is 333 g/mol. The Hall–Kier alpha value is -2.15. The van der Waals surface area contributed by atoms with Crippen LogP contribution < -0.4 is 5.32 Å². The Bertz CT molecular complexity index is 706. The minimum atomic E-state index is -0.238. The van der Waals surface area contributed by atoms with Gasteiger partial charge in [-0.05, 0) is 12.0 Å². The van der Waals surface area contributed by atoms with E-state index in [2.05, 4.69) is 10.3 Å². The minimum absolute atomic E-state index is 0.183. The summed E-state index contributed by atoms with van der Waals surface area (Å²) in [6.45, 7) is 5.37. The summed E-state index contributed by atoms with van der Waals surface area (Å²) >= 11 is 1.43. The van der Waals surface area contributed by atoms with Gasteiger partial charge in [0, 0.05) is 24.3 Å². The van der Waals surface area contributed by atoms with Crippen molar-refractivity contribution >= 4 is 28.3 Å². The van der Waals surface area contributed by atoms with E-state index in [0.29, 0.717) is 36.1 Å². The Morgan fingerprint density at radius 2 is 2.30 bits per heavy atom. The Balaban J connectivity index is 1.67. The van der Waals surface area contributed by atoms with Crippen molar-refractivity contribution in [3.63, 3.8) is 0 Å². The molecule has 2 aromatic rings. The number of furan rings is 1. The number of carbonyl (C=O) groups is 2. The van der Waals surface area contributed by atoms with Crippen LogP contribution in [0, 0.1) is 5.92 Å². The zero-order valence-electron chi connectivity index (χ0n) is 13.2. The van der Waals surface area contributed by atoms with Gasteiger partial charge in [-0.3, -0.25) is 14.9 Å². The number of hydrogen-bond acceptors (Lipinski definition) is 5. The lowest BCUT2D eigenvalue weighted by atomic mass is 10.1. The molecule has 0 fully saturated rings. The summed E-state index contributed by atoms with van der Waals surface area (Å²) in [4.78, 5) is 31.6. The zero-order chi connectivity index (χ0) is 16.4. The first-order valence-electron chi connectivity index (χ1n) is 7.63. The number of hydrogen-bond donors (Lipinski definition) is 1. The fourth-order valence-corrected chi connectivity index (χ4v) is 3.52. The van der Waals surface area contributed by atoms with Crippen molar-refractivity contribution < 1.29 is 14.0 Å². The van der Waals surface area contributed by atoms with Crippen LogP contribution in [-0.2, 0) is 17.8 Å². The van der Waals surface area contributed by atoms with E-state index >= 15 is 0 Å². The highest BCUT2D eigenvalue weighted by Crippen LogP contribution is 2.29. The van der Waals surface area contributed by atoms with Crippen LogP contribution in [0.4, 0.5) is 5.13 Å². The van der Waals surface area contributed by atoms with Crippen LogP contribution in [0.2, 0.25) is 0 Å². The highest BCUT2D eigenvalue weighted by atomic mass is 32.1. The lowest BCUT2D eigenvalue weighted by Gasteiger charge is -2.26. The lowest BCUT2D eigenvalue weighted by Crippen LogP contribution is -2.36. The largest absolute Gasteiger partial charge is 0.472 e. The average Bonchev–Trinajstić information content (AvgIpc) is 3.14. The number of carbonyl (C=O) groups excluding carboxylic acids is 2. The molecule has 122 valence electrons. The third-order valence-electron chi connectivity index (χ3n) is 3.67. The predicted molar refractivity (Wildman–Crippen MR) is 87.4 cm³/mol. The van der Waals surface area contributed by atoms with E-state index in [1.165, 1.54) is 23.9 Å². The van der Waals surface area contributed by atoms with Crippen molar-refractivity contribution in [2.75, 3.05) is 11.9 Å². The maximum Gasteiger partial charge on any atom is 0.260 e. The molecule has 3 rings (SSSR count). The molecule has 0 aromatic carbocycles. The molecule has 0 bridgehead atoms. The van der Waals surface area contributed by atoms with Crippen LogP contribution in [-0.4, -0.2) is 28.2 Å². The lowest BCUT2D eigenvalue weighted by molar-refractivity contribution is -0.132. The number of fused-ring (bicyclic) bond motifs is 1. The van der Waals surface area contributed by atoms with E-state index in [1.54, 1.807) is 6.07 Å². The number of rotatable bonds is 4. The van der Waals surface area contributed by atoms with Crippen LogP contribution in [0.15, 0.2) is 23.0 Å². The summed E-state index contributed by atoms with van der Waals surface area (Å²) in [7, 11) is 0. The molecule has 0 radical (unpaired) electrons. The number of nitrogens with one attached hydrogen (secondary N) is 1. The van der Waals surface area contributed by atoms with Gasteiger partial charge in [0.15, 0.2) is 5.13 Å². The van der Waals surface area contributed by atoms with Gasteiger partial charge in [-0.1, -0.05) is 25.2 Å². The Morgan fingerprint density at radius 3 is 3.00 bits per heavy atom. The predicted octanol–water partition coefficient (Wildman–Crippen LogP) is 2.92. The van der Waals surface area contributed by atoms with Crippen molar-refractivity contribution in [1.82, 2.24) is 9.88 Å². The summed E-state index contributed by atoms with van der Waals surface area (Å²) in [5, 5.41) is 3.35. The van der Waals surface area contributed by atoms with Gasteiger partial charge in [-0.25, -0.2) is 4.98 Å². The fraction of sp³-hybridized carbons (Fsp3) is 0.438. The molecular weight excluding hydrogens is 314 g/mol.